The van der Waals surface area contributed by atoms with Crippen LogP contribution in [0.4, 0.5) is 4.39 Å². The monoisotopic (exact) mass is 234 g/mol. The maximum Gasteiger partial charge on any atom is 0.123 e. The summed E-state index contributed by atoms with van der Waals surface area (Å²) in [5, 5.41) is 7.88. The van der Waals surface area contributed by atoms with Crippen molar-refractivity contribution in [3.05, 3.63) is 47.5 Å². The Balaban J connectivity index is 2.16. The number of aromatic nitrogens is 3. The van der Waals surface area contributed by atoms with Crippen molar-refractivity contribution in [1.29, 1.82) is 0 Å². The number of halogens is 1. The van der Waals surface area contributed by atoms with Crippen LogP contribution < -0.4 is 5.73 Å². The molecule has 90 valence electrons. The van der Waals surface area contributed by atoms with Gasteiger partial charge < -0.3 is 5.73 Å². The van der Waals surface area contributed by atoms with Crippen LogP contribution in [0.15, 0.2) is 30.5 Å². The van der Waals surface area contributed by atoms with E-state index in [0.29, 0.717) is 13.0 Å². The van der Waals surface area contributed by atoms with E-state index in [0.717, 1.165) is 11.3 Å². The normalized spacial score (nSPS) is 12.6. The van der Waals surface area contributed by atoms with Crippen molar-refractivity contribution in [2.75, 3.05) is 6.54 Å². The molecule has 1 aromatic heterocycles. The third-order valence-corrected chi connectivity index (χ3v) is 2.71. The zero-order valence-electron chi connectivity index (χ0n) is 9.68. The van der Waals surface area contributed by atoms with Crippen molar-refractivity contribution in [3.63, 3.8) is 0 Å². The lowest BCUT2D eigenvalue weighted by molar-refractivity contribution is 0.615. The molecular weight excluding hydrogens is 219 g/mol. The van der Waals surface area contributed by atoms with Crippen molar-refractivity contribution < 1.29 is 4.39 Å². The minimum atomic E-state index is -0.236. The fourth-order valence-corrected chi connectivity index (χ4v) is 1.84. The second-order valence-corrected chi connectivity index (χ2v) is 4.08. The number of hydrogen-bond donors (Lipinski definition) is 1. The summed E-state index contributed by atoms with van der Waals surface area (Å²) in [7, 11) is 1.82. The number of aryl methyl sites for hydroxylation is 1. The molecule has 0 saturated carbocycles. The zero-order valence-corrected chi connectivity index (χ0v) is 9.68. The van der Waals surface area contributed by atoms with E-state index in [1.54, 1.807) is 10.7 Å². The van der Waals surface area contributed by atoms with E-state index >= 15 is 0 Å². The Morgan fingerprint density at radius 1 is 1.47 bits per heavy atom. The van der Waals surface area contributed by atoms with E-state index in [-0.39, 0.29) is 11.7 Å². The van der Waals surface area contributed by atoms with Crippen LogP contribution in [0.2, 0.25) is 0 Å². The number of rotatable bonds is 4. The van der Waals surface area contributed by atoms with Crippen molar-refractivity contribution >= 4 is 0 Å². The second-order valence-electron chi connectivity index (χ2n) is 4.08. The highest BCUT2D eigenvalue weighted by molar-refractivity contribution is 5.22. The Labute approximate surface area is 99.2 Å². The Morgan fingerprint density at radius 2 is 2.29 bits per heavy atom. The molecule has 4 nitrogen and oxygen atoms in total. The summed E-state index contributed by atoms with van der Waals surface area (Å²) >= 11 is 0. The van der Waals surface area contributed by atoms with Crippen LogP contribution in [0.3, 0.4) is 0 Å². The van der Waals surface area contributed by atoms with Gasteiger partial charge in [-0.3, -0.25) is 4.68 Å². The van der Waals surface area contributed by atoms with Crippen LogP contribution in [0, 0.1) is 5.82 Å². The Hall–Kier alpha value is -1.75. The molecule has 0 saturated heterocycles. The summed E-state index contributed by atoms with van der Waals surface area (Å²) in [6, 6.07) is 6.54. The maximum atomic E-state index is 13.1. The molecule has 0 bridgehead atoms. The van der Waals surface area contributed by atoms with Gasteiger partial charge in [-0.2, -0.15) is 0 Å². The molecule has 0 spiro atoms. The van der Waals surface area contributed by atoms with Gasteiger partial charge in [0.1, 0.15) is 5.82 Å². The van der Waals surface area contributed by atoms with E-state index in [1.165, 1.54) is 12.1 Å². The highest BCUT2D eigenvalue weighted by Gasteiger charge is 2.13. The molecule has 2 aromatic rings. The molecule has 1 unspecified atom stereocenters. The maximum absolute atomic E-state index is 13.1. The number of nitrogens with zero attached hydrogens (tertiary/aromatic N) is 3. The highest BCUT2D eigenvalue weighted by atomic mass is 19.1. The van der Waals surface area contributed by atoms with Gasteiger partial charge in [-0.15, -0.1) is 5.10 Å². The summed E-state index contributed by atoms with van der Waals surface area (Å²) < 4.78 is 14.8. The standard InChI is InChI=1S/C12H15FN4/c1-17-8-12(15-16-17)6-10(7-14)9-3-2-4-11(13)5-9/h2-5,8,10H,6-7,14H2,1H3. The van der Waals surface area contributed by atoms with Crippen molar-refractivity contribution in [2.24, 2.45) is 12.8 Å². The lowest BCUT2D eigenvalue weighted by Crippen LogP contribution is -2.15. The van der Waals surface area contributed by atoms with Crippen LogP contribution in [-0.2, 0) is 13.5 Å². The number of nitrogens with two attached hydrogens (primary N) is 1. The minimum absolute atomic E-state index is 0.0717. The smallest absolute Gasteiger partial charge is 0.123 e. The quantitative estimate of drug-likeness (QED) is 0.866. The third-order valence-electron chi connectivity index (χ3n) is 2.71. The molecule has 2 N–H and O–H groups in total. The summed E-state index contributed by atoms with van der Waals surface area (Å²) in [5.41, 5.74) is 7.50. The molecule has 1 aromatic carbocycles. The molecule has 17 heavy (non-hydrogen) atoms. The first kappa shape index (κ1) is 11.7. The Bertz CT molecular complexity index is 495. The molecular formula is C12H15FN4. The van der Waals surface area contributed by atoms with Gasteiger partial charge in [0.25, 0.3) is 0 Å². The molecule has 0 amide bonds. The van der Waals surface area contributed by atoms with Gasteiger partial charge in [0, 0.05) is 25.6 Å². The molecule has 2 rings (SSSR count). The van der Waals surface area contributed by atoms with Crippen molar-refractivity contribution in [3.8, 4) is 0 Å². The predicted octanol–water partition coefficient (Wildman–Crippen LogP) is 1.24. The highest BCUT2D eigenvalue weighted by Crippen LogP contribution is 2.19. The average Bonchev–Trinajstić information content (AvgIpc) is 2.72. The lowest BCUT2D eigenvalue weighted by atomic mass is 9.94. The van der Waals surface area contributed by atoms with E-state index in [4.69, 9.17) is 5.73 Å². The van der Waals surface area contributed by atoms with Crippen LogP contribution in [0.5, 0.6) is 0 Å². The summed E-state index contributed by atoms with van der Waals surface area (Å²) in [5.74, 6) is -0.164. The SMILES string of the molecule is Cn1cc(CC(CN)c2cccc(F)c2)nn1. The first-order valence-corrected chi connectivity index (χ1v) is 5.50. The molecule has 0 aliphatic carbocycles. The van der Waals surface area contributed by atoms with E-state index in [1.807, 2.05) is 19.3 Å². The third kappa shape index (κ3) is 2.88. The summed E-state index contributed by atoms with van der Waals surface area (Å²) in [6.45, 7) is 0.458. The Kier molecular flexibility index (Phi) is 3.49. The second kappa shape index (κ2) is 5.05. The first-order chi connectivity index (χ1) is 8.19. The van der Waals surface area contributed by atoms with Gasteiger partial charge in [0.15, 0.2) is 0 Å². The fourth-order valence-electron chi connectivity index (χ4n) is 1.84. The van der Waals surface area contributed by atoms with Crippen LogP contribution >= 0.6 is 0 Å². The molecule has 0 radical (unpaired) electrons. The topological polar surface area (TPSA) is 56.7 Å². The molecule has 0 aliphatic heterocycles. The van der Waals surface area contributed by atoms with Crippen molar-refractivity contribution in [1.82, 2.24) is 15.0 Å². The number of benzene rings is 1. The average molecular weight is 234 g/mol. The lowest BCUT2D eigenvalue weighted by Gasteiger charge is -2.13. The van der Waals surface area contributed by atoms with E-state index in [9.17, 15) is 4.39 Å². The predicted molar refractivity (Wildman–Crippen MR) is 62.9 cm³/mol. The van der Waals surface area contributed by atoms with E-state index < -0.39 is 0 Å². The summed E-state index contributed by atoms with van der Waals surface area (Å²) in [4.78, 5) is 0. The van der Waals surface area contributed by atoms with Crippen LogP contribution in [0.25, 0.3) is 0 Å². The van der Waals surface area contributed by atoms with Gasteiger partial charge in [-0.05, 0) is 24.2 Å². The number of hydrogen-bond acceptors (Lipinski definition) is 3. The largest absolute Gasteiger partial charge is 0.330 e. The molecule has 0 aliphatic rings. The summed E-state index contributed by atoms with van der Waals surface area (Å²) in [6.07, 6.45) is 2.52. The van der Waals surface area contributed by atoms with Crippen LogP contribution in [0.1, 0.15) is 17.2 Å². The fraction of sp³-hybridized carbons (Fsp3) is 0.333. The van der Waals surface area contributed by atoms with Gasteiger partial charge in [-0.1, -0.05) is 17.3 Å². The molecule has 1 heterocycles. The van der Waals surface area contributed by atoms with Gasteiger partial charge in [0.05, 0.1) is 5.69 Å². The minimum Gasteiger partial charge on any atom is -0.330 e. The van der Waals surface area contributed by atoms with E-state index in [2.05, 4.69) is 10.3 Å². The molecule has 0 fully saturated rings. The van der Waals surface area contributed by atoms with Crippen molar-refractivity contribution in [2.45, 2.75) is 12.3 Å². The molecule has 5 heteroatoms. The first-order valence-electron chi connectivity index (χ1n) is 5.50. The molecule has 1 atom stereocenters. The Morgan fingerprint density at radius 3 is 2.88 bits per heavy atom. The van der Waals surface area contributed by atoms with Crippen LogP contribution in [-0.4, -0.2) is 21.5 Å². The van der Waals surface area contributed by atoms with Gasteiger partial charge in [-0.25, -0.2) is 4.39 Å². The zero-order chi connectivity index (χ0) is 12.3. The van der Waals surface area contributed by atoms with Gasteiger partial charge in [0.2, 0.25) is 0 Å². The van der Waals surface area contributed by atoms with Gasteiger partial charge >= 0.3 is 0 Å².